The first-order valence-corrected chi connectivity index (χ1v) is 6.53. The highest BCUT2D eigenvalue weighted by Gasteiger charge is 2.06. The molecule has 0 aliphatic heterocycles. The van der Waals surface area contributed by atoms with Gasteiger partial charge >= 0.3 is 0 Å². The second-order valence-corrected chi connectivity index (χ2v) is 4.35. The molecule has 0 N–H and O–H groups in total. The quantitative estimate of drug-likeness (QED) is 0.355. The van der Waals surface area contributed by atoms with Crippen molar-refractivity contribution in [2.45, 2.75) is 0 Å². The van der Waals surface area contributed by atoms with Gasteiger partial charge in [0.25, 0.3) is 0 Å². The van der Waals surface area contributed by atoms with Crippen molar-refractivity contribution >= 4 is 17.7 Å². The fraction of sp³-hybridized carbons (Fsp3) is 0.118. The predicted octanol–water partition coefficient (Wildman–Crippen LogP) is 3.48. The fourth-order valence-electron chi connectivity index (χ4n) is 1.80. The van der Waals surface area contributed by atoms with E-state index in [1.54, 1.807) is 48.5 Å². The Balaban J connectivity index is 2.09. The van der Waals surface area contributed by atoms with Gasteiger partial charge < -0.3 is 9.57 Å². The van der Waals surface area contributed by atoms with Crippen molar-refractivity contribution in [1.82, 2.24) is 0 Å². The van der Waals surface area contributed by atoms with E-state index >= 15 is 0 Å². The summed E-state index contributed by atoms with van der Waals surface area (Å²) in [5.74, 6) is 0.632. The lowest BCUT2D eigenvalue weighted by molar-refractivity contribution is 0.112. The average molecular weight is 294 g/mol. The molecule has 22 heavy (non-hydrogen) atoms. The molecular weight excluding hydrogens is 280 g/mol. The molecule has 0 heterocycles. The third-order valence-corrected chi connectivity index (χ3v) is 2.92. The van der Waals surface area contributed by atoms with Gasteiger partial charge in [-0.1, -0.05) is 29.4 Å². The molecule has 5 heteroatoms. The van der Waals surface area contributed by atoms with E-state index in [4.69, 9.17) is 16.1 Å². The largest absolute Gasteiger partial charge is 0.487 e. The van der Waals surface area contributed by atoms with E-state index in [0.717, 1.165) is 11.8 Å². The molecule has 0 bridgehead atoms. The summed E-state index contributed by atoms with van der Waals surface area (Å²) in [6, 6.07) is 13.8. The van der Waals surface area contributed by atoms with Crippen LogP contribution < -0.4 is 4.74 Å². The van der Waals surface area contributed by atoms with Crippen molar-refractivity contribution in [3.63, 3.8) is 0 Å². The summed E-state index contributed by atoms with van der Waals surface area (Å²) in [6.45, 7) is 7.16. The molecule has 0 unspecified atom stereocenters. The predicted molar refractivity (Wildman–Crippen MR) is 83.6 cm³/mol. The van der Waals surface area contributed by atoms with Gasteiger partial charge in [0.2, 0.25) is 0 Å². The molecule has 2 aromatic carbocycles. The van der Waals surface area contributed by atoms with Crippen LogP contribution in [-0.4, -0.2) is 25.7 Å². The number of aldehydes is 1. The Labute approximate surface area is 128 Å². The number of rotatable bonds is 6. The molecule has 0 atom stereocenters. The second-order valence-electron chi connectivity index (χ2n) is 4.35. The molecule has 5 nitrogen and oxygen atoms in total. The average Bonchev–Trinajstić information content (AvgIpc) is 2.59. The maximum atomic E-state index is 10.6. The van der Waals surface area contributed by atoms with E-state index in [2.05, 4.69) is 10.0 Å². The highest BCUT2D eigenvalue weighted by Crippen LogP contribution is 2.15. The monoisotopic (exact) mass is 294 g/mol. The van der Waals surface area contributed by atoms with Gasteiger partial charge in [-0.05, 0) is 24.3 Å². The molecule has 0 radical (unpaired) electrons. The minimum Gasteiger partial charge on any atom is -0.487 e. The molecule has 2 rings (SSSR count). The van der Waals surface area contributed by atoms with E-state index < -0.39 is 0 Å². The lowest BCUT2D eigenvalue weighted by Crippen LogP contribution is -2.13. The lowest BCUT2D eigenvalue weighted by atomic mass is 10.1. The van der Waals surface area contributed by atoms with Crippen LogP contribution in [0.15, 0.2) is 53.7 Å². The Morgan fingerprint density at radius 3 is 2.41 bits per heavy atom. The number of hydrogen-bond acceptors (Lipinski definition) is 4. The van der Waals surface area contributed by atoms with E-state index in [1.807, 2.05) is 0 Å². The van der Waals surface area contributed by atoms with Crippen molar-refractivity contribution in [2.75, 3.05) is 13.7 Å². The van der Waals surface area contributed by atoms with Crippen LogP contribution in [0.4, 0.5) is 5.69 Å². The molecular formula is C17H14N2O3. The molecule has 0 amide bonds. The topological polar surface area (TPSA) is 52.2 Å². The first kappa shape index (κ1) is 15.3. The Bertz CT molecular complexity index is 698. The zero-order chi connectivity index (χ0) is 15.8. The van der Waals surface area contributed by atoms with Crippen molar-refractivity contribution in [3.8, 4) is 5.75 Å². The SMILES string of the molecule is [C-]#[N+]c1ccc(/C(COc2ccc(C=O)cc2)=N\OC)cc1. The van der Waals surface area contributed by atoms with Crippen LogP contribution in [0.25, 0.3) is 4.85 Å². The smallest absolute Gasteiger partial charge is 0.187 e. The zero-order valence-corrected chi connectivity index (χ0v) is 12.0. The first-order valence-electron chi connectivity index (χ1n) is 6.53. The van der Waals surface area contributed by atoms with Gasteiger partial charge in [0, 0.05) is 11.1 Å². The summed E-state index contributed by atoms with van der Waals surface area (Å²) in [5, 5.41) is 3.96. The number of oxime groups is 1. The third-order valence-electron chi connectivity index (χ3n) is 2.92. The standard InChI is InChI=1S/C17H14N2O3/c1-18-15-7-5-14(6-8-15)17(19-21-2)12-22-16-9-3-13(11-20)4-10-16/h3-11H,12H2,2H3/b19-17-. The number of hydrogen-bond donors (Lipinski definition) is 0. The summed E-state index contributed by atoms with van der Waals surface area (Å²) in [6.07, 6.45) is 0.778. The summed E-state index contributed by atoms with van der Waals surface area (Å²) in [4.78, 5) is 18.8. The van der Waals surface area contributed by atoms with Gasteiger partial charge in [-0.25, -0.2) is 4.85 Å². The number of carbonyl (C=O) groups is 1. The molecule has 0 aliphatic carbocycles. The minimum absolute atomic E-state index is 0.214. The third kappa shape index (κ3) is 3.93. The van der Waals surface area contributed by atoms with Crippen LogP contribution in [0.2, 0.25) is 0 Å². The van der Waals surface area contributed by atoms with Crippen LogP contribution in [0, 0.1) is 6.57 Å². The first-order chi connectivity index (χ1) is 10.8. The van der Waals surface area contributed by atoms with Gasteiger partial charge in [-0.15, -0.1) is 0 Å². The second kappa shape index (κ2) is 7.60. The van der Waals surface area contributed by atoms with E-state index in [9.17, 15) is 4.79 Å². The summed E-state index contributed by atoms with van der Waals surface area (Å²) in [7, 11) is 1.46. The van der Waals surface area contributed by atoms with E-state index in [0.29, 0.717) is 22.7 Å². The van der Waals surface area contributed by atoms with E-state index in [1.165, 1.54) is 7.11 Å². The maximum absolute atomic E-state index is 10.6. The Kier molecular flexibility index (Phi) is 5.27. The number of benzene rings is 2. The highest BCUT2D eigenvalue weighted by molar-refractivity contribution is 6.01. The number of nitrogens with zero attached hydrogens (tertiary/aromatic N) is 2. The van der Waals surface area contributed by atoms with Gasteiger partial charge in [0.15, 0.2) is 5.69 Å². The summed E-state index contributed by atoms with van der Waals surface area (Å²) in [5.41, 5.74) is 2.58. The van der Waals surface area contributed by atoms with Gasteiger partial charge in [-0.2, -0.15) is 0 Å². The Hall–Kier alpha value is -3.13. The lowest BCUT2D eigenvalue weighted by Gasteiger charge is -2.09. The van der Waals surface area contributed by atoms with Crippen molar-refractivity contribution < 1.29 is 14.4 Å². The van der Waals surface area contributed by atoms with Gasteiger partial charge in [0.05, 0.1) is 6.57 Å². The molecule has 0 fully saturated rings. The maximum Gasteiger partial charge on any atom is 0.187 e. The van der Waals surface area contributed by atoms with Crippen molar-refractivity contribution in [3.05, 3.63) is 71.1 Å². The highest BCUT2D eigenvalue weighted by atomic mass is 16.6. The number of ether oxygens (including phenoxy) is 1. The van der Waals surface area contributed by atoms with Crippen molar-refractivity contribution in [2.24, 2.45) is 5.16 Å². The Morgan fingerprint density at radius 1 is 1.18 bits per heavy atom. The fourth-order valence-corrected chi connectivity index (χ4v) is 1.80. The molecule has 110 valence electrons. The molecule has 2 aromatic rings. The minimum atomic E-state index is 0.214. The van der Waals surface area contributed by atoms with Gasteiger partial charge in [-0.3, -0.25) is 4.79 Å². The van der Waals surface area contributed by atoms with E-state index in [-0.39, 0.29) is 6.61 Å². The summed E-state index contributed by atoms with van der Waals surface area (Å²) < 4.78 is 5.64. The molecule has 0 aliphatic rings. The molecule has 0 saturated carbocycles. The van der Waals surface area contributed by atoms with Crippen LogP contribution in [0.5, 0.6) is 5.75 Å². The molecule has 0 aromatic heterocycles. The number of carbonyl (C=O) groups excluding carboxylic acids is 1. The Morgan fingerprint density at radius 2 is 1.86 bits per heavy atom. The van der Waals surface area contributed by atoms with Crippen LogP contribution >= 0.6 is 0 Å². The van der Waals surface area contributed by atoms with Crippen LogP contribution in [0.3, 0.4) is 0 Å². The van der Waals surface area contributed by atoms with Crippen LogP contribution in [-0.2, 0) is 4.84 Å². The van der Waals surface area contributed by atoms with Crippen molar-refractivity contribution in [1.29, 1.82) is 0 Å². The normalized spacial score (nSPS) is 10.6. The summed E-state index contributed by atoms with van der Waals surface area (Å²) >= 11 is 0. The zero-order valence-electron chi connectivity index (χ0n) is 12.0. The van der Waals surface area contributed by atoms with Crippen LogP contribution in [0.1, 0.15) is 15.9 Å². The molecule has 0 saturated heterocycles. The molecule has 0 spiro atoms. The van der Waals surface area contributed by atoms with Gasteiger partial charge in [0.1, 0.15) is 31.5 Å².